The van der Waals surface area contributed by atoms with Gasteiger partial charge in [-0.05, 0) is 18.2 Å². The number of ether oxygens (including phenoxy) is 1. The number of carbonyl (C=O) groups is 1. The Bertz CT molecular complexity index is 534. The van der Waals surface area contributed by atoms with Crippen molar-refractivity contribution < 1.29 is 13.9 Å². The zero-order valence-corrected chi connectivity index (χ0v) is 9.39. The summed E-state index contributed by atoms with van der Waals surface area (Å²) >= 11 is 0. The maximum atomic E-state index is 12.8. The van der Waals surface area contributed by atoms with Crippen molar-refractivity contribution >= 4 is 5.78 Å². The number of ketones is 1. The van der Waals surface area contributed by atoms with Crippen LogP contribution in [-0.4, -0.2) is 17.0 Å². The van der Waals surface area contributed by atoms with E-state index in [4.69, 9.17) is 4.74 Å². The molecule has 0 radical (unpaired) electrons. The van der Waals surface area contributed by atoms with E-state index in [0.29, 0.717) is 11.3 Å². The van der Waals surface area contributed by atoms with E-state index < -0.39 is 0 Å². The summed E-state index contributed by atoms with van der Waals surface area (Å²) in [4.78, 5) is 11.7. The largest absolute Gasteiger partial charge is 0.485 e. The fourth-order valence-electron chi connectivity index (χ4n) is 1.46. The van der Waals surface area contributed by atoms with Crippen LogP contribution in [0.15, 0.2) is 42.7 Å². The Morgan fingerprint density at radius 2 is 2.24 bits per heavy atom. The molecule has 4 heteroatoms. The predicted octanol–water partition coefficient (Wildman–Crippen LogP) is 2.43. The van der Waals surface area contributed by atoms with Crippen molar-refractivity contribution in [1.29, 1.82) is 0 Å². The van der Waals surface area contributed by atoms with Crippen LogP contribution in [0.2, 0.25) is 0 Å². The Morgan fingerprint density at radius 1 is 1.41 bits per heavy atom. The van der Waals surface area contributed by atoms with Crippen molar-refractivity contribution in [2.24, 2.45) is 7.05 Å². The van der Waals surface area contributed by atoms with Gasteiger partial charge in [0.1, 0.15) is 11.6 Å². The number of aryl methyl sites for hydroxylation is 1. The first-order valence-electron chi connectivity index (χ1n) is 5.19. The Kier molecular flexibility index (Phi) is 3.23. The van der Waals surface area contributed by atoms with Gasteiger partial charge >= 0.3 is 0 Å². The lowest BCUT2D eigenvalue weighted by Gasteiger charge is -2.04. The summed E-state index contributed by atoms with van der Waals surface area (Å²) in [6.07, 6.45) is 3.51. The van der Waals surface area contributed by atoms with E-state index in [1.54, 1.807) is 29.1 Å². The summed E-state index contributed by atoms with van der Waals surface area (Å²) in [5.74, 6) is -0.154. The lowest BCUT2D eigenvalue weighted by Crippen LogP contribution is -2.10. The molecule has 2 rings (SSSR count). The lowest BCUT2D eigenvalue weighted by molar-refractivity contribution is 0.0921. The third kappa shape index (κ3) is 2.93. The van der Waals surface area contributed by atoms with Crippen molar-refractivity contribution in [1.82, 2.24) is 4.57 Å². The van der Waals surface area contributed by atoms with E-state index in [9.17, 15) is 9.18 Å². The molecule has 3 nitrogen and oxygen atoms in total. The van der Waals surface area contributed by atoms with E-state index in [1.807, 2.05) is 7.05 Å². The van der Waals surface area contributed by atoms with Crippen molar-refractivity contribution in [2.75, 3.05) is 6.61 Å². The van der Waals surface area contributed by atoms with Crippen molar-refractivity contribution in [2.45, 2.75) is 0 Å². The predicted molar refractivity (Wildman–Crippen MR) is 61.6 cm³/mol. The van der Waals surface area contributed by atoms with Gasteiger partial charge in [0.2, 0.25) is 5.78 Å². The van der Waals surface area contributed by atoms with Gasteiger partial charge in [0.25, 0.3) is 0 Å². The molecule has 0 atom stereocenters. The standard InChI is InChI=1S/C13H12FNO2/c1-15-6-5-10(8-15)13(16)9-17-12-4-2-3-11(14)7-12/h2-8H,9H2,1H3. The maximum absolute atomic E-state index is 12.8. The van der Waals surface area contributed by atoms with Crippen LogP contribution in [0.5, 0.6) is 5.75 Å². The summed E-state index contributed by atoms with van der Waals surface area (Å²) < 4.78 is 19.9. The minimum absolute atomic E-state index is 0.0898. The van der Waals surface area contributed by atoms with Crippen molar-refractivity contribution in [3.8, 4) is 5.75 Å². The molecular formula is C13H12FNO2. The van der Waals surface area contributed by atoms with Gasteiger partial charge in [-0.1, -0.05) is 6.07 Å². The van der Waals surface area contributed by atoms with E-state index in [1.165, 1.54) is 18.2 Å². The van der Waals surface area contributed by atoms with E-state index in [2.05, 4.69) is 0 Å². The fourth-order valence-corrected chi connectivity index (χ4v) is 1.46. The van der Waals surface area contributed by atoms with Crippen LogP contribution in [0.4, 0.5) is 4.39 Å². The molecular weight excluding hydrogens is 221 g/mol. The third-order valence-corrected chi connectivity index (χ3v) is 2.32. The Morgan fingerprint density at radius 3 is 2.88 bits per heavy atom. The molecule has 0 aliphatic rings. The molecule has 0 aliphatic carbocycles. The molecule has 0 saturated carbocycles. The van der Waals surface area contributed by atoms with E-state index in [0.717, 1.165) is 0 Å². The summed E-state index contributed by atoms with van der Waals surface area (Å²) in [5, 5.41) is 0. The Balaban J connectivity index is 1.97. The minimum atomic E-state index is -0.380. The summed E-state index contributed by atoms with van der Waals surface area (Å²) in [6.45, 7) is -0.0898. The average molecular weight is 233 g/mol. The molecule has 0 bridgehead atoms. The number of hydrogen-bond acceptors (Lipinski definition) is 2. The number of carbonyl (C=O) groups excluding carboxylic acids is 1. The van der Waals surface area contributed by atoms with E-state index >= 15 is 0 Å². The van der Waals surface area contributed by atoms with Crippen LogP contribution in [0.1, 0.15) is 10.4 Å². The highest BCUT2D eigenvalue weighted by Gasteiger charge is 2.08. The van der Waals surface area contributed by atoms with Gasteiger partial charge in [0.15, 0.2) is 6.61 Å². The van der Waals surface area contributed by atoms with E-state index in [-0.39, 0.29) is 18.2 Å². The van der Waals surface area contributed by atoms with Gasteiger partial charge < -0.3 is 9.30 Å². The van der Waals surface area contributed by atoms with Gasteiger partial charge in [-0.25, -0.2) is 4.39 Å². The average Bonchev–Trinajstić information content (AvgIpc) is 2.73. The molecule has 17 heavy (non-hydrogen) atoms. The fraction of sp³-hybridized carbons (Fsp3) is 0.154. The van der Waals surface area contributed by atoms with Crippen LogP contribution >= 0.6 is 0 Å². The Labute approximate surface area is 98.4 Å². The SMILES string of the molecule is Cn1ccc(C(=O)COc2cccc(F)c2)c1. The molecule has 0 N–H and O–H groups in total. The summed E-state index contributed by atoms with van der Waals surface area (Å²) in [6, 6.07) is 7.44. The van der Waals surface area contributed by atoms with Crippen LogP contribution in [0.3, 0.4) is 0 Å². The number of nitrogens with zero attached hydrogens (tertiary/aromatic N) is 1. The molecule has 0 spiro atoms. The van der Waals surface area contributed by atoms with Crippen molar-refractivity contribution in [3.63, 3.8) is 0 Å². The highest BCUT2D eigenvalue weighted by Crippen LogP contribution is 2.12. The molecule has 2 aromatic rings. The molecule has 0 amide bonds. The molecule has 0 saturated heterocycles. The highest BCUT2D eigenvalue weighted by molar-refractivity contribution is 5.97. The number of hydrogen-bond donors (Lipinski definition) is 0. The Hall–Kier alpha value is -2.10. The molecule has 1 aromatic carbocycles. The molecule has 1 aromatic heterocycles. The second-order valence-electron chi connectivity index (χ2n) is 3.73. The molecule has 1 heterocycles. The smallest absolute Gasteiger partial charge is 0.201 e. The minimum Gasteiger partial charge on any atom is -0.485 e. The number of Topliss-reactive ketones (excluding diaryl/α,β-unsaturated/α-hetero) is 1. The highest BCUT2D eigenvalue weighted by atomic mass is 19.1. The quantitative estimate of drug-likeness (QED) is 0.759. The van der Waals surface area contributed by atoms with Gasteiger partial charge in [-0.2, -0.15) is 0 Å². The van der Waals surface area contributed by atoms with Gasteiger partial charge in [-0.3, -0.25) is 4.79 Å². The van der Waals surface area contributed by atoms with Crippen LogP contribution in [-0.2, 0) is 7.05 Å². The second-order valence-corrected chi connectivity index (χ2v) is 3.73. The van der Waals surface area contributed by atoms with Crippen LogP contribution < -0.4 is 4.74 Å². The first-order chi connectivity index (χ1) is 8.15. The molecule has 0 fully saturated rings. The second kappa shape index (κ2) is 4.82. The monoisotopic (exact) mass is 233 g/mol. The third-order valence-electron chi connectivity index (χ3n) is 2.32. The lowest BCUT2D eigenvalue weighted by atomic mass is 10.2. The van der Waals surface area contributed by atoms with Crippen LogP contribution in [0.25, 0.3) is 0 Å². The van der Waals surface area contributed by atoms with Crippen molar-refractivity contribution in [3.05, 3.63) is 54.1 Å². The van der Waals surface area contributed by atoms with Gasteiger partial charge in [0.05, 0.1) is 0 Å². The molecule has 0 aliphatic heterocycles. The molecule has 0 unspecified atom stereocenters. The van der Waals surface area contributed by atoms with Gasteiger partial charge in [-0.15, -0.1) is 0 Å². The maximum Gasteiger partial charge on any atom is 0.201 e. The summed E-state index contributed by atoms with van der Waals surface area (Å²) in [7, 11) is 1.84. The first-order valence-corrected chi connectivity index (χ1v) is 5.19. The van der Waals surface area contributed by atoms with Gasteiger partial charge in [0, 0.05) is 31.1 Å². The topological polar surface area (TPSA) is 31.2 Å². The van der Waals surface area contributed by atoms with Crippen LogP contribution in [0, 0.1) is 5.82 Å². The zero-order valence-electron chi connectivity index (χ0n) is 9.39. The number of rotatable bonds is 4. The normalized spacial score (nSPS) is 10.2. The first kappa shape index (κ1) is 11.4. The number of benzene rings is 1. The molecule has 88 valence electrons. The number of aromatic nitrogens is 1. The number of halogens is 1. The zero-order chi connectivity index (χ0) is 12.3. The summed E-state index contributed by atoms with van der Waals surface area (Å²) in [5.41, 5.74) is 0.587.